The number of nitrogens with zero attached hydrogens (tertiary/aromatic N) is 1. The summed E-state index contributed by atoms with van der Waals surface area (Å²) in [6.07, 6.45) is 1.14. The lowest BCUT2D eigenvalue weighted by atomic mass is 9.89. The Morgan fingerprint density at radius 2 is 1.72 bits per heavy atom. The van der Waals surface area contributed by atoms with Crippen LogP contribution in [0.25, 0.3) is 0 Å². The van der Waals surface area contributed by atoms with Crippen LogP contribution in [-0.2, 0) is 22.7 Å². The van der Waals surface area contributed by atoms with Gasteiger partial charge in [0.2, 0.25) is 5.91 Å². The van der Waals surface area contributed by atoms with Gasteiger partial charge in [-0.05, 0) is 61.4 Å². The Balaban J connectivity index is 1.68. The van der Waals surface area contributed by atoms with Crippen LogP contribution < -0.4 is 10.5 Å². The molecule has 1 fully saturated rings. The van der Waals surface area contributed by atoms with Crippen LogP contribution in [0.15, 0.2) is 36.4 Å². The van der Waals surface area contributed by atoms with Crippen molar-refractivity contribution < 1.29 is 14.3 Å². The van der Waals surface area contributed by atoms with Crippen molar-refractivity contribution >= 4 is 5.91 Å². The number of amides is 1. The number of ether oxygens (including phenoxy) is 2. The van der Waals surface area contributed by atoms with Gasteiger partial charge < -0.3 is 20.1 Å². The molecule has 2 aromatic carbocycles. The van der Waals surface area contributed by atoms with Gasteiger partial charge in [0, 0.05) is 26.8 Å². The fourth-order valence-corrected chi connectivity index (χ4v) is 3.96. The maximum absolute atomic E-state index is 12.9. The van der Waals surface area contributed by atoms with Crippen molar-refractivity contribution in [1.82, 2.24) is 4.90 Å². The van der Waals surface area contributed by atoms with Crippen molar-refractivity contribution in [2.75, 3.05) is 20.3 Å². The second kappa shape index (κ2) is 8.97. The number of hydrogen-bond acceptors (Lipinski definition) is 4. The monoisotopic (exact) mass is 396 g/mol. The van der Waals surface area contributed by atoms with Gasteiger partial charge in [0.05, 0.1) is 5.54 Å². The van der Waals surface area contributed by atoms with Crippen LogP contribution in [0.1, 0.15) is 40.7 Å². The first kappa shape index (κ1) is 21.3. The lowest BCUT2D eigenvalue weighted by Crippen LogP contribution is -2.57. The zero-order valence-corrected chi connectivity index (χ0v) is 18.0. The third-order valence-electron chi connectivity index (χ3n) is 5.73. The van der Waals surface area contributed by atoms with Crippen LogP contribution in [-0.4, -0.2) is 36.6 Å². The summed E-state index contributed by atoms with van der Waals surface area (Å²) < 4.78 is 11.5. The molecule has 0 spiro atoms. The average molecular weight is 397 g/mol. The highest BCUT2D eigenvalue weighted by Gasteiger charge is 2.37. The molecular weight excluding hydrogens is 364 g/mol. The number of aryl methyl sites for hydroxylation is 3. The Morgan fingerprint density at radius 1 is 1.10 bits per heavy atom. The molecule has 2 N–H and O–H groups in total. The van der Waals surface area contributed by atoms with E-state index < -0.39 is 5.54 Å². The van der Waals surface area contributed by atoms with Gasteiger partial charge in [-0.15, -0.1) is 0 Å². The van der Waals surface area contributed by atoms with E-state index in [1.54, 1.807) is 4.90 Å². The van der Waals surface area contributed by atoms with Crippen molar-refractivity contribution in [1.29, 1.82) is 0 Å². The molecule has 0 atom stereocenters. The Labute approximate surface area is 173 Å². The predicted molar refractivity (Wildman–Crippen MR) is 115 cm³/mol. The molecule has 1 aliphatic rings. The third kappa shape index (κ3) is 4.98. The molecule has 1 amide bonds. The third-order valence-corrected chi connectivity index (χ3v) is 5.73. The van der Waals surface area contributed by atoms with E-state index in [0.717, 1.165) is 22.4 Å². The summed E-state index contributed by atoms with van der Waals surface area (Å²) in [7, 11) is 1.82. The Bertz CT molecular complexity index is 849. The molecule has 2 aromatic rings. The highest BCUT2D eigenvalue weighted by atomic mass is 16.5. The van der Waals surface area contributed by atoms with Crippen LogP contribution in [0.4, 0.5) is 0 Å². The smallest absolute Gasteiger partial charge is 0.242 e. The molecular formula is C24H32N2O3. The summed E-state index contributed by atoms with van der Waals surface area (Å²) in [5.41, 5.74) is 11.2. The molecule has 0 radical (unpaired) electrons. The summed E-state index contributed by atoms with van der Waals surface area (Å²) in [6, 6.07) is 12.4. The minimum Gasteiger partial charge on any atom is -0.488 e. The summed E-state index contributed by atoms with van der Waals surface area (Å²) in [5, 5.41) is 0. The topological polar surface area (TPSA) is 64.8 Å². The molecule has 156 valence electrons. The molecule has 1 aliphatic heterocycles. The van der Waals surface area contributed by atoms with Crippen molar-refractivity contribution in [3.63, 3.8) is 0 Å². The first-order valence-corrected chi connectivity index (χ1v) is 10.2. The Hall–Kier alpha value is -2.37. The van der Waals surface area contributed by atoms with Gasteiger partial charge >= 0.3 is 0 Å². The molecule has 1 heterocycles. The summed E-state index contributed by atoms with van der Waals surface area (Å²) in [4.78, 5) is 14.6. The molecule has 0 aromatic heterocycles. The number of nitrogens with two attached hydrogens (primary N) is 1. The van der Waals surface area contributed by atoms with Crippen LogP contribution in [0.2, 0.25) is 0 Å². The van der Waals surface area contributed by atoms with E-state index in [1.807, 2.05) is 19.2 Å². The van der Waals surface area contributed by atoms with Crippen molar-refractivity contribution in [2.24, 2.45) is 5.73 Å². The lowest BCUT2D eigenvalue weighted by molar-refractivity contribution is -0.139. The number of rotatable bonds is 6. The number of likely N-dealkylation sites (N-methyl/N-ethyl adjacent to an activating group) is 1. The van der Waals surface area contributed by atoms with E-state index in [0.29, 0.717) is 39.2 Å². The maximum atomic E-state index is 12.9. The summed E-state index contributed by atoms with van der Waals surface area (Å²) >= 11 is 0. The normalized spacial score (nSPS) is 15.8. The van der Waals surface area contributed by atoms with E-state index in [1.165, 1.54) is 11.1 Å². The van der Waals surface area contributed by atoms with Gasteiger partial charge in [-0.1, -0.05) is 36.4 Å². The SMILES string of the molecule is Cc1ccccc1COc1c(C)cc(CN(C)C(=O)C2(N)CCOCC2)cc1C. The largest absolute Gasteiger partial charge is 0.488 e. The van der Waals surface area contributed by atoms with Crippen LogP contribution in [0.3, 0.4) is 0 Å². The second-order valence-corrected chi connectivity index (χ2v) is 8.20. The first-order chi connectivity index (χ1) is 13.8. The molecule has 3 rings (SSSR count). The molecule has 1 saturated heterocycles. The van der Waals surface area contributed by atoms with Crippen LogP contribution in [0, 0.1) is 20.8 Å². The van der Waals surface area contributed by atoms with Gasteiger partial charge in [0.1, 0.15) is 12.4 Å². The van der Waals surface area contributed by atoms with Crippen molar-refractivity contribution in [3.8, 4) is 5.75 Å². The van der Waals surface area contributed by atoms with Gasteiger partial charge in [-0.3, -0.25) is 4.79 Å². The number of carbonyl (C=O) groups is 1. The Kier molecular flexibility index (Phi) is 6.60. The lowest BCUT2D eigenvalue weighted by Gasteiger charge is -2.35. The Morgan fingerprint density at radius 3 is 2.34 bits per heavy atom. The van der Waals surface area contributed by atoms with Crippen LogP contribution >= 0.6 is 0 Å². The van der Waals surface area contributed by atoms with Crippen molar-refractivity contribution in [3.05, 3.63) is 64.2 Å². The number of benzene rings is 2. The first-order valence-electron chi connectivity index (χ1n) is 10.2. The zero-order valence-electron chi connectivity index (χ0n) is 18.0. The molecule has 0 saturated carbocycles. The quantitative estimate of drug-likeness (QED) is 0.809. The van der Waals surface area contributed by atoms with Crippen LogP contribution in [0.5, 0.6) is 5.75 Å². The minimum atomic E-state index is -0.812. The van der Waals surface area contributed by atoms with Gasteiger partial charge in [0.15, 0.2) is 0 Å². The van der Waals surface area contributed by atoms with E-state index in [9.17, 15) is 4.79 Å². The van der Waals surface area contributed by atoms with E-state index in [4.69, 9.17) is 15.2 Å². The summed E-state index contributed by atoms with van der Waals surface area (Å²) in [5.74, 6) is 0.890. The highest BCUT2D eigenvalue weighted by molar-refractivity contribution is 5.86. The van der Waals surface area contributed by atoms with Crippen molar-refractivity contribution in [2.45, 2.75) is 52.3 Å². The van der Waals surface area contributed by atoms with E-state index >= 15 is 0 Å². The standard InChI is InChI=1S/C24H32N2O3/c1-17-7-5-6-8-21(17)16-29-22-18(2)13-20(14-19(22)3)15-26(4)23(27)24(25)9-11-28-12-10-24/h5-8,13-14H,9-12,15-16,25H2,1-4H3. The predicted octanol–water partition coefficient (Wildman–Crippen LogP) is 3.66. The van der Waals surface area contributed by atoms with E-state index in [-0.39, 0.29) is 5.91 Å². The second-order valence-electron chi connectivity index (χ2n) is 8.20. The van der Waals surface area contributed by atoms with E-state index in [2.05, 4.69) is 45.0 Å². The zero-order chi connectivity index (χ0) is 21.0. The van der Waals surface area contributed by atoms with Gasteiger partial charge in [0.25, 0.3) is 0 Å². The fraction of sp³-hybridized carbons (Fsp3) is 0.458. The molecule has 0 bridgehead atoms. The number of carbonyl (C=O) groups excluding carboxylic acids is 1. The molecule has 29 heavy (non-hydrogen) atoms. The number of hydrogen-bond donors (Lipinski definition) is 1. The van der Waals surface area contributed by atoms with Gasteiger partial charge in [-0.25, -0.2) is 0 Å². The fourth-order valence-electron chi connectivity index (χ4n) is 3.96. The molecule has 0 aliphatic carbocycles. The maximum Gasteiger partial charge on any atom is 0.242 e. The average Bonchev–Trinajstić information content (AvgIpc) is 2.68. The van der Waals surface area contributed by atoms with Gasteiger partial charge in [-0.2, -0.15) is 0 Å². The molecule has 0 unspecified atom stereocenters. The summed E-state index contributed by atoms with van der Waals surface area (Å²) in [6.45, 7) is 8.35. The molecule has 5 nitrogen and oxygen atoms in total. The molecule has 5 heteroatoms. The highest BCUT2D eigenvalue weighted by Crippen LogP contribution is 2.27. The minimum absolute atomic E-state index is 0.0176.